The molecule has 0 saturated carbocycles. The molecule has 6 heteroatoms. The summed E-state index contributed by atoms with van der Waals surface area (Å²) in [6, 6.07) is 13.5. The van der Waals surface area contributed by atoms with Crippen molar-refractivity contribution in [3.05, 3.63) is 60.9 Å². The first-order valence-electron chi connectivity index (χ1n) is 4.76. The molecule has 1 aromatic carbocycles. The third-order valence-corrected chi connectivity index (χ3v) is 2.00. The molecule has 1 N–H and O–H groups in total. The second kappa shape index (κ2) is 6.81. The second-order valence-corrected chi connectivity index (χ2v) is 4.01. The van der Waals surface area contributed by atoms with Crippen molar-refractivity contribution in [2.45, 2.75) is 0 Å². The summed E-state index contributed by atoms with van der Waals surface area (Å²) >= 11 is 0. The number of nitrogens with one attached hydrogen (secondary N) is 1. The first-order chi connectivity index (χ1) is 8.08. The van der Waals surface area contributed by atoms with Crippen LogP contribution in [0.1, 0.15) is 0 Å². The van der Waals surface area contributed by atoms with Gasteiger partial charge < -0.3 is 18.9 Å². The van der Waals surface area contributed by atoms with Crippen LogP contribution in [0.5, 0.6) is 5.75 Å². The average molecular weight is 252 g/mol. The maximum atomic E-state index is 10.1. The molecule has 90 valence electrons. The predicted molar refractivity (Wildman–Crippen MR) is 57.7 cm³/mol. The third-order valence-electron chi connectivity index (χ3n) is 1.57. The Labute approximate surface area is 99.0 Å². The number of para-hydroxylation sites is 1. The Bertz CT molecular complexity index is 431. The van der Waals surface area contributed by atoms with E-state index in [1.54, 1.807) is 18.2 Å². The minimum atomic E-state index is -4.89. The monoisotopic (exact) mass is 252 g/mol. The van der Waals surface area contributed by atoms with Gasteiger partial charge in [-0.15, -0.1) is 0 Å². The molecule has 5 nitrogen and oxygen atoms in total. The number of pyridine rings is 1. The maximum absolute atomic E-state index is 10.1. The number of aromatic amines is 1. The Morgan fingerprint density at radius 2 is 1.47 bits per heavy atom. The molecule has 0 bridgehead atoms. The molecule has 0 fully saturated rings. The van der Waals surface area contributed by atoms with Gasteiger partial charge in [0.05, 0.1) is 0 Å². The fraction of sp³-hybridized carbons (Fsp3) is 0. The van der Waals surface area contributed by atoms with Crippen LogP contribution in [0.3, 0.4) is 0 Å². The Kier molecular flexibility index (Phi) is 5.36. The molecule has 1 aromatic heterocycles. The molecular formula is C11H11NO4P-. The van der Waals surface area contributed by atoms with Gasteiger partial charge in [-0.25, -0.2) is 4.98 Å². The van der Waals surface area contributed by atoms with Crippen molar-refractivity contribution in [1.82, 2.24) is 0 Å². The summed E-state index contributed by atoms with van der Waals surface area (Å²) in [7, 11) is -4.89. The summed E-state index contributed by atoms with van der Waals surface area (Å²) < 4.78 is 14.1. The minimum absolute atomic E-state index is 0.0424. The second-order valence-electron chi connectivity index (χ2n) is 2.93. The number of rotatable bonds is 2. The quantitative estimate of drug-likeness (QED) is 0.723. The van der Waals surface area contributed by atoms with E-state index in [4.69, 9.17) is 0 Å². The third kappa shape index (κ3) is 7.25. The molecule has 0 unspecified atom stereocenters. The number of aromatic nitrogens is 1. The van der Waals surface area contributed by atoms with Gasteiger partial charge in [-0.05, 0) is 12.1 Å². The number of hydrogen-bond acceptors (Lipinski definition) is 4. The Morgan fingerprint density at radius 3 is 1.82 bits per heavy atom. The summed E-state index contributed by atoms with van der Waals surface area (Å²) in [5.41, 5.74) is 0. The van der Waals surface area contributed by atoms with Crippen molar-refractivity contribution in [3.8, 4) is 5.75 Å². The van der Waals surface area contributed by atoms with Crippen molar-refractivity contribution in [2.24, 2.45) is 0 Å². The number of benzene rings is 1. The van der Waals surface area contributed by atoms with Crippen molar-refractivity contribution in [1.29, 1.82) is 0 Å². The fourth-order valence-electron chi connectivity index (χ4n) is 0.952. The SMILES string of the molecule is O=P([O-])([O-])Oc1ccccc1.c1cc[nH+]cc1. The lowest BCUT2D eigenvalue weighted by atomic mass is 10.3. The van der Waals surface area contributed by atoms with E-state index in [1.165, 1.54) is 12.1 Å². The van der Waals surface area contributed by atoms with Crippen molar-refractivity contribution < 1.29 is 23.9 Å². The molecule has 2 rings (SSSR count). The Morgan fingerprint density at radius 1 is 0.941 bits per heavy atom. The molecular weight excluding hydrogens is 241 g/mol. The van der Waals surface area contributed by atoms with E-state index in [2.05, 4.69) is 9.51 Å². The Hall–Kier alpha value is -1.68. The van der Waals surface area contributed by atoms with E-state index in [9.17, 15) is 14.4 Å². The van der Waals surface area contributed by atoms with Gasteiger partial charge in [-0.1, -0.05) is 24.3 Å². The molecule has 1 heterocycles. The normalized spacial score (nSPS) is 10.0. The van der Waals surface area contributed by atoms with Crippen LogP contribution in [-0.4, -0.2) is 0 Å². The zero-order chi connectivity index (χ0) is 12.6. The van der Waals surface area contributed by atoms with E-state index in [1.807, 2.05) is 30.6 Å². The lowest BCUT2D eigenvalue weighted by molar-refractivity contribution is -0.378. The van der Waals surface area contributed by atoms with Crippen molar-refractivity contribution >= 4 is 7.82 Å². The lowest BCUT2D eigenvalue weighted by Gasteiger charge is -2.28. The highest BCUT2D eigenvalue weighted by Gasteiger charge is 1.92. The van der Waals surface area contributed by atoms with Crippen LogP contribution in [0, 0.1) is 0 Å². The minimum Gasteiger partial charge on any atom is -0.780 e. The molecule has 0 aliphatic rings. The molecule has 0 atom stereocenters. The van der Waals surface area contributed by atoms with E-state index < -0.39 is 7.82 Å². The smallest absolute Gasteiger partial charge is 0.166 e. The summed E-state index contributed by atoms with van der Waals surface area (Å²) in [4.78, 5) is 23.0. The molecule has 0 saturated heterocycles. The molecule has 17 heavy (non-hydrogen) atoms. The van der Waals surface area contributed by atoms with Gasteiger partial charge in [0, 0.05) is 12.1 Å². The number of hydrogen-bond donors (Lipinski definition) is 0. The summed E-state index contributed by atoms with van der Waals surface area (Å²) in [6.45, 7) is 0. The topological polar surface area (TPSA) is 86.6 Å². The van der Waals surface area contributed by atoms with Crippen LogP contribution in [-0.2, 0) is 4.57 Å². The van der Waals surface area contributed by atoms with E-state index in [0.717, 1.165) is 0 Å². The highest BCUT2D eigenvalue weighted by Crippen LogP contribution is 2.28. The summed E-state index contributed by atoms with van der Waals surface area (Å²) in [6.07, 6.45) is 3.75. The molecule has 0 aliphatic carbocycles. The van der Waals surface area contributed by atoms with E-state index >= 15 is 0 Å². The van der Waals surface area contributed by atoms with E-state index in [-0.39, 0.29) is 5.75 Å². The van der Waals surface area contributed by atoms with Gasteiger partial charge in [0.2, 0.25) is 0 Å². The van der Waals surface area contributed by atoms with Crippen LogP contribution in [0.15, 0.2) is 60.9 Å². The summed E-state index contributed by atoms with van der Waals surface area (Å²) in [5.74, 6) is 0.0424. The van der Waals surface area contributed by atoms with Gasteiger partial charge >= 0.3 is 0 Å². The number of phosphoric acid groups is 1. The molecule has 2 aromatic rings. The van der Waals surface area contributed by atoms with Crippen molar-refractivity contribution in [2.75, 3.05) is 0 Å². The average Bonchev–Trinajstić information content (AvgIpc) is 2.31. The lowest BCUT2D eigenvalue weighted by Crippen LogP contribution is -2.18. The van der Waals surface area contributed by atoms with Crippen molar-refractivity contribution in [3.63, 3.8) is 0 Å². The van der Waals surface area contributed by atoms with E-state index in [0.29, 0.717) is 0 Å². The van der Waals surface area contributed by atoms with Crippen LogP contribution < -0.4 is 19.3 Å². The standard InChI is InChI=1S/C6H7O4P.C5H5N/c7-11(8,9)10-6-4-2-1-3-5-6;1-2-4-6-5-3-1/h1-5H,(H2,7,8,9);1-5H/p-1. The largest absolute Gasteiger partial charge is 0.780 e. The molecule has 0 amide bonds. The highest BCUT2D eigenvalue weighted by molar-refractivity contribution is 7.43. The first kappa shape index (κ1) is 13.4. The van der Waals surface area contributed by atoms with Gasteiger partial charge in [-0.2, -0.15) is 0 Å². The maximum Gasteiger partial charge on any atom is 0.166 e. The predicted octanol–water partition coefficient (Wildman–Crippen LogP) is 0.395. The van der Waals surface area contributed by atoms with Gasteiger partial charge in [0.1, 0.15) is 13.6 Å². The van der Waals surface area contributed by atoms with Crippen LogP contribution in [0.2, 0.25) is 0 Å². The molecule has 0 radical (unpaired) electrons. The van der Waals surface area contributed by atoms with Gasteiger partial charge in [-0.3, -0.25) is 0 Å². The van der Waals surface area contributed by atoms with Gasteiger partial charge in [0.15, 0.2) is 12.4 Å². The first-order valence-corrected chi connectivity index (χ1v) is 6.22. The Balaban J connectivity index is 0.000000202. The highest BCUT2D eigenvalue weighted by atomic mass is 31.2. The fourth-order valence-corrected chi connectivity index (χ4v) is 1.33. The zero-order valence-electron chi connectivity index (χ0n) is 8.85. The molecule has 0 spiro atoms. The number of H-pyrrole nitrogens is 1. The number of phosphoric ester groups is 1. The summed E-state index contributed by atoms with van der Waals surface area (Å²) in [5, 5.41) is 0. The molecule has 0 aliphatic heterocycles. The zero-order valence-corrected chi connectivity index (χ0v) is 9.75. The van der Waals surface area contributed by atoms with Gasteiger partial charge in [0.25, 0.3) is 0 Å². The van der Waals surface area contributed by atoms with Crippen LogP contribution >= 0.6 is 7.82 Å². The van der Waals surface area contributed by atoms with Crippen LogP contribution in [0.25, 0.3) is 0 Å². The van der Waals surface area contributed by atoms with Crippen LogP contribution in [0.4, 0.5) is 0 Å².